The van der Waals surface area contributed by atoms with Crippen LogP contribution in [-0.2, 0) is 4.79 Å². The molecule has 0 aromatic heterocycles. The second kappa shape index (κ2) is 7.41. The zero-order valence-corrected chi connectivity index (χ0v) is 13.9. The highest BCUT2D eigenvalue weighted by molar-refractivity contribution is 5.85. The number of hydrogen-bond acceptors (Lipinski definition) is 3. The van der Waals surface area contributed by atoms with Crippen molar-refractivity contribution in [1.82, 2.24) is 10.2 Å². The molecule has 1 rings (SSSR count). The highest BCUT2D eigenvalue weighted by Crippen LogP contribution is 2.38. The van der Waals surface area contributed by atoms with Crippen LogP contribution in [-0.4, -0.2) is 42.5 Å². The summed E-state index contributed by atoms with van der Waals surface area (Å²) in [4.78, 5) is 14.4. The van der Waals surface area contributed by atoms with Crippen LogP contribution in [0.4, 0.5) is 0 Å². The van der Waals surface area contributed by atoms with E-state index in [9.17, 15) is 4.79 Å². The minimum absolute atomic E-state index is 0.166. The lowest BCUT2D eigenvalue weighted by Crippen LogP contribution is -2.60. The van der Waals surface area contributed by atoms with Crippen molar-refractivity contribution in [2.75, 3.05) is 20.1 Å². The molecule has 118 valence electrons. The SMILES string of the molecule is CC(C)CN(C)CCC1CCCC1(NC(C)C)C(N)=O. The van der Waals surface area contributed by atoms with Gasteiger partial charge < -0.3 is 16.0 Å². The van der Waals surface area contributed by atoms with E-state index in [1.54, 1.807) is 0 Å². The molecule has 3 N–H and O–H groups in total. The molecule has 1 amide bonds. The summed E-state index contributed by atoms with van der Waals surface area (Å²) in [6, 6.07) is 0.288. The molecular formula is C16H33N3O. The average molecular weight is 283 g/mol. The number of nitrogens with one attached hydrogen (secondary N) is 1. The molecule has 2 unspecified atom stereocenters. The van der Waals surface area contributed by atoms with Gasteiger partial charge in [-0.1, -0.05) is 20.3 Å². The largest absolute Gasteiger partial charge is 0.368 e. The Labute approximate surface area is 124 Å². The molecule has 1 aliphatic carbocycles. The predicted octanol–water partition coefficient (Wildman–Crippen LogP) is 1.99. The van der Waals surface area contributed by atoms with Gasteiger partial charge in [-0.3, -0.25) is 4.79 Å². The fraction of sp³-hybridized carbons (Fsp3) is 0.938. The molecule has 1 saturated carbocycles. The molecule has 0 aromatic rings. The Morgan fingerprint density at radius 1 is 1.40 bits per heavy atom. The number of nitrogens with zero attached hydrogens (tertiary/aromatic N) is 1. The van der Waals surface area contributed by atoms with Gasteiger partial charge in [0.25, 0.3) is 0 Å². The van der Waals surface area contributed by atoms with E-state index >= 15 is 0 Å². The molecule has 2 atom stereocenters. The Bertz CT molecular complexity index is 317. The first-order chi connectivity index (χ1) is 9.28. The molecule has 20 heavy (non-hydrogen) atoms. The smallest absolute Gasteiger partial charge is 0.238 e. The van der Waals surface area contributed by atoms with Crippen LogP contribution in [0.3, 0.4) is 0 Å². The van der Waals surface area contributed by atoms with Crippen LogP contribution in [0.25, 0.3) is 0 Å². The van der Waals surface area contributed by atoms with E-state index in [4.69, 9.17) is 5.73 Å². The lowest BCUT2D eigenvalue weighted by atomic mass is 9.83. The van der Waals surface area contributed by atoms with Crippen LogP contribution < -0.4 is 11.1 Å². The van der Waals surface area contributed by atoms with E-state index in [0.29, 0.717) is 11.8 Å². The molecule has 4 nitrogen and oxygen atoms in total. The summed E-state index contributed by atoms with van der Waals surface area (Å²) in [6.45, 7) is 10.8. The number of nitrogens with two attached hydrogens (primary N) is 1. The fourth-order valence-electron chi connectivity index (χ4n) is 3.66. The fourth-order valence-corrected chi connectivity index (χ4v) is 3.66. The summed E-state index contributed by atoms with van der Waals surface area (Å²) >= 11 is 0. The number of primary amides is 1. The zero-order chi connectivity index (χ0) is 15.3. The molecule has 0 aliphatic heterocycles. The molecule has 0 aromatic carbocycles. The third-order valence-electron chi connectivity index (χ3n) is 4.34. The van der Waals surface area contributed by atoms with Gasteiger partial charge in [0.05, 0.1) is 0 Å². The lowest BCUT2D eigenvalue weighted by Gasteiger charge is -2.36. The first kappa shape index (κ1) is 17.4. The zero-order valence-electron chi connectivity index (χ0n) is 13.9. The first-order valence-corrected chi connectivity index (χ1v) is 8.04. The molecule has 0 heterocycles. The van der Waals surface area contributed by atoms with E-state index in [2.05, 4.69) is 45.0 Å². The first-order valence-electron chi connectivity index (χ1n) is 8.04. The number of amides is 1. The van der Waals surface area contributed by atoms with E-state index < -0.39 is 5.54 Å². The highest BCUT2D eigenvalue weighted by Gasteiger charge is 2.47. The quantitative estimate of drug-likeness (QED) is 0.716. The maximum atomic E-state index is 12.0. The van der Waals surface area contributed by atoms with Gasteiger partial charge in [-0.25, -0.2) is 0 Å². The van der Waals surface area contributed by atoms with Gasteiger partial charge in [0.1, 0.15) is 5.54 Å². The van der Waals surface area contributed by atoms with Crippen molar-refractivity contribution in [1.29, 1.82) is 0 Å². The van der Waals surface area contributed by atoms with Crippen LogP contribution >= 0.6 is 0 Å². The average Bonchev–Trinajstić information content (AvgIpc) is 2.68. The van der Waals surface area contributed by atoms with Crippen molar-refractivity contribution >= 4 is 5.91 Å². The van der Waals surface area contributed by atoms with Gasteiger partial charge in [0.2, 0.25) is 5.91 Å². The van der Waals surface area contributed by atoms with Gasteiger partial charge in [-0.05, 0) is 58.5 Å². The molecule has 0 spiro atoms. The second-order valence-corrected chi connectivity index (χ2v) is 7.17. The summed E-state index contributed by atoms with van der Waals surface area (Å²) in [7, 11) is 2.16. The third-order valence-corrected chi connectivity index (χ3v) is 4.34. The molecule has 0 bridgehead atoms. The van der Waals surface area contributed by atoms with Crippen LogP contribution in [0.2, 0.25) is 0 Å². The van der Waals surface area contributed by atoms with Crippen LogP contribution in [0.15, 0.2) is 0 Å². The van der Waals surface area contributed by atoms with Crippen molar-refractivity contribution in [2.24, 2.45) is 17.6 Å². The summed E-state index contributed by atoms with van der Waals surface area (Å²) < 4.78 is 0. The number of carbonyl (C=O) groups excluding carboxylic acids is 1. The van der Waals surface area contributed by atoms with Gasteiger partial charge in [-0.2, -0.15) is 0 Å². The molecule has 0 saturated heterocycles. The lowest BCUT2D eigenvalue weighted by molar-refractivity contribution is -0.126. The van der Waals surface area contributed by atoms with Gasteiger partial charge in [-0.15, -0.1) is 0 Å². The normalized spacial score (nSPS) is 26.9. The molecular weight excluding hydrogens is 250 g/mol. The Morgan fingerprint density at radius 3 is 2.55 bits per heavy atom. The minimum atomic E-state index is -0.479. The highest BCUT2D eigenvalue weighted by atomic mass is 16.1. The van der Waals surface area contributed by atoms with E-state index in [0.717, 1.165) is 38.8 Å². The van der Waals surface area contributed by atoms with Crippen LogP contribution in [0, 0.1) is 11.8 Å². The van der Waals surface area contributed by atoms with Gasteiger partial charge in [0, 0.05) is 12.6 Å². The van der Waals surface area contributed by atoms with Gasteiger partial charge >= 0.3 is 0 Å². The Kier molecular flexibility index (Phi) is 6.46. The number of carbonyl (C=O) groups is 1. The maximum Gasteiger partial charge on any atom is 0.238 e. The second-order valence-electron chi connectivity index (χ2n) is 7.17. The number of rotatable bonds is 8. The summed E-state index contributed by atoms with van der Waals surface area (Å²) in [5.41, 5.74) is 5.26. The van der Waals surface area contributed by atoms with Crippen molar-refractivity contribution in [2.45, 2.75) is 65.0 Å². The number of hydrogen-bond donors (Lipinski definition) is 2. The van der Waals surface area contributed by atoms with Crippen molar-refractivity contribution in [3.63, 3.8) is 0 Å². The topological polar surface area (TPSA) is 58.4 Å². The van der Waals surface area contributed by atoms with Crippen molar-refractivity contribution < 1.29 is 4.79 Å². The molecule has 1 fully saturated rings. The summed E-state index contributed by atoms with van der Waals surface area (Å²) in [5, 5.41) is 3.48. The van der Waals surface area contributed by atoms with Crippen LogP contribution in [0.5, 0.6) is 0 Å². The van der Waals surface area contributed by atoms with Crippen LogP contribution in [0.1, 0.15) is 53.4 Å². The Morgan fingerprint density at radius 2 is 2.05 bits per heavy atom. The summed E-state index contributed by atoms with van der Waals surface area (Å²) in [6.07, 6.45) is 4.14. The predicted molar refractivity (Wildman–Crippen MR) is 84.5 cm³/mol. The minimum Gasteiger partial charge on any atom is -0.368 e. The molecule has 1 aliphatic rings. The maximum absolute atomic E-state index is 12.0. The van der Waals surface area contributed by atoms with Crippen molar-refractivity contribution in [3.05, 3.63) is 0 Å². The third kappa shape index (κ3) is 4.45. The molecule has 0 radical (unpaired) electrons. The van der Waals surface area contributed by atoms with E-state index in [-0.39, 0.29) is 11.9 Å². The molecule has 4 heteroatoms. The van der Waals surface area contributed by atoms with E-state index in [1.807, 2.05) is 0 Å². The summed E-state index contributed by atoms with van der Waals surface area (Å²) in [5.74, 6) is 0.885. The van der Waals surface area contributed by atoms with Crippen molar-refractivity contribution in [3.8, 4) is 0 Å². The van der Waals surface area contributed by atoms with E-state index in [1.165, 1.54) is 0 Å². The standard InChI is InChI=1S/C16H33N3O/c1-12(2)11-19(5)10-8-14-7-6-9-16(14,15(17)20)18-13(3)4/h12-14,18H,6-11H2,1-5H3,(H2,17,20). The Hall–Kier alpha value is -0.610. The monoisotopic (exact) mass is 283 g/mol. The Balaban J connectivity index is 2.64. The van der Waals surface area contributed by atoms with Gasteiger partial charge in [0.15, 0.2) is 0 Å².